The lowest BCUT2D eigenvalue weighted by molar-refractivity contribution is 0.417. The molecule has 3 N–H and O–H groups in total. The number of benzene rings is 2. The second kappa shape index (κ2) is 5.51. The highest BCUT2D eigenvalue weighted by Gasteiger charge is 2.06. The van der Waals surface area contributed by atoms with E-state index >= 15 is 0 Å². The Labute approximate surface area is 116 Å². The number of nitrogens with zero attached hydrogens (tertiary/aromatic N) is 1. The number of anilines is 3. The average Bonchev–Trinajstić information content (AvgIpc) is 2.41. The molecule has 4 nitrogen and oxygen atoms in total. The Bertz CT molecular complexity index is 650. The number of nitrogens with one attached hydrogen (secondary N) is 1. The van der Waals surface area contributed by atoms with E-state index < -0.39 is 0 Å². The van der Waals surface area contributed by atoms with E-state index in [1.54, 1.807) is 43.5 Å². The van der Waals surface area contributed by atoms with E-state index in [1.807, 2.05) is 6.07 Å². The first-order valence-corrected chi connectivity index (χ1v) is 5.92. The maximum Gasteiger partial charge on any atom is 0.142 e. The minimum atomic E-state index is 0.422. The predicted molar refractivity (Wildman–Crippen MR) is 76.9 cm³/mol. The third-order valence-corrected chi connectivity index (χ3v) is 2.85. The van der Waals surface area contributed by atoms with Gasteiger partial charge in [0.15, 0.2) is 0 Å². The van der Waals surface area contributed by atoms with E-state index in [0.29, 0.717) is 22.0 Å². The van der Waals surface area contributed by atoms with Crippen LogP contribution in [0, 0.1) is 11.3 Å². The molecular formula is C14H12ClN3O. The maximum absolute atomic E-state index is 8.95. The van der Waals surface area contributed by atoms with Crippen molar-refractivity contribution in [2.24, 2.45) is 0 Å². The van der Waals surface area contributed by atoms with E-state index in [1.165, 1.54) is 0 Å². The van der Waals surface area contributed by atoms with Gasteiger partial charge in [0.2, 0.25) is 0 Å². The Morgan fingerprint density at radius 1 is 1.26 bits per heavy atom. The zero-order valence-electron chi connectivity index (χ0n) is 10.3. The topological polar surface area (TPSA) is 71.1 Å². The monoisotopic (exact) mass is 273 g/mol. The molecule has 0 aromatic heterocycles. The first kappa shape index (κ1) is 13.1. The van der Waals surface area contributed by atoms with Crippen molar-refractivity contribution in [2.75, 3.05) is 18.2 Å². The number of halogens is 1. The zero-order chi connectivity index (χ0) is 13.8. The number of nitriles is 1. The molecule has 0 radical (unpaired) electrons. The van der Waals surface area contributed by atoms with Gasteiger partial charge in [-0.25, -0.2) is 0 Å². The van der Waals surface area contributed by atoms with E-state index in [4.69, 9.17) is 27.3 Å². The molecule has 2 rings (SSSR count). The molecule has 0 saturated heterocycles. The molecule has 0 heterocycles. The quantitative estimate of drug-likeness (QED) is 0.839. The Morgan fingerprint density at radius 3 is 2.74 bits per heavy atom. The average molecular weight is 274 g/mol. The second-order valence-electron chi connectivity index (χ2n) is 3.88. The van der Waals surface area contributed by atoms with Crippen molar-refractivity contribution in [3.63, 3.8) is 0 Å². The number of hydrogen-bond acceptors (Lipinski definition) is 4. The van der Waals surface area contributed by atoms with Gasteiger partial charge in [-0.05, 0) is 36.4 Å². The fourth-order valence-electron chi connectivity index (χ4n) is 1.66. The molecule has 2 aromatic rings. The summed E-state index contributed by atoms with van der Waals surface area (Å²) in [5.74, 6) is 0.666. The summed E-state index contributed by atoms with van der Waals surface area (Å²) in [6.45, 7) is 0. The normalized spacial score (nSPS) is 9.74. The van der Waals surface area contributed by atoms with Crippen molar-refractivity contribution in [1.29, 1.82) is 5.26 Å². The number of hydrogen-bond donors (Lipinski definition) is 2. The molecular weight excluding hydrogens is 262 g/mol. The van der Waals surface area contributed by atoms with Crippen molar-refractivity contribution in [2.45, 2.75) is 0 Å². The van der Waals surface area contributed by atoms with Gasteiger partial charge in [0, 0.05) is 16.4 Å². The van der Waals surface area contributed by atoms with Crippen LogP contribution in [0.3, 0.4) is 0 Å². The summed E-state index contributed by atoms with van der Waals surface area (Å²) in [7, 11) is 1.58. The van der Waals surface area contributed by atoms with E-state index in [2.05, 4.69) is 5.32 Å². The summed E-state index contributed by atoms with van der Waals surface area (Å²) in [6.07, 6.45) is 0. The molecule has 0 atom stereocenters. The van der Waals surface area contributed by atoms with Gasteiger partial charge < -0.3 is 15.8 Å². The molecule has 0 aliphatic carbocycles. The molecule has 0 saturated carbocycles. The van der Waals surface area contributed by atoms with E-state index in [-0.39, 0.29) is 0 Å². The van der Waals surface area contributed by atoms with Crippen LogP contribution >= 0.6 is 11.6 Å². The Balaban J connectivity index is 2.36. The number of nitrogen functional groups attached to an aromatic ring is 1. The molecule has 0 fully saturated rings. The summed E-state index contributed by atoms with van der Waals surface area (Å²) in [6, 6.07) is 12.5. The van der Waals surface area contributed by atoms with Gasteiger partial charge in [-0.2, -0.15) is 5.26 Å². The summed E-state index contributed by atoms with van der Waals surface area (Å²) in [5.41, 5.74) is 8.02. The Hall–Kier alpha value is -2.38. The molecule has 0 amide bonds. The van der Waals surface area contributed by atoms with Crippen LogP contribution in [0.4, 0.5) is 17.1 Å². The molecule has 0 aliphatic heterocycles. The summed E-state index contributed by atoms with van der Waals surface area (Å²) in [5, 5.41) is 12.7. The minimum absolute atomic E-state index is 0.422. The van der Waals surface area contributed by atoms with Crippen LogP contribution in [0.5, 0.6) is 5.75 Å². The van der Waals surface area contributed by atoms with Crippen molar-refractivity contribution in [3.8, 4) is 11.8 Å². The highest BCUT2D eigenvalue weighted by Crippen LogP contribution is 2.31. The van der Waals surface area contributed by atoms with E-state index in [0.717, 1.165) is 11.4 Å². The molecule has 0 spiro atoms. The van der Waals surface area contributed by atoms with Gasteiger partial charge in [-0.15, -0.1) is 0 Å². The molecule has 19 heavy (non-hydrogen) atoms. The maximum atomic E-state index is 8.95. The Kier molecular flexibility index (Phi) is 3.79. The van der Waals surface area contributed by atoms with Gasteiger partial charge in [0.05, 0.1) is 18.4 Å². The third-order valence-electron chi connectivity index (χ3n) is 2.61. The van der Waals surface area contributed by atoms with Crippen LogP contribution in [-0.2, 0) is 0 Å². The zero-order valence-corrected chi connectivity index (χ0v) is 11.0. The first-order chi connectivity index (χ1) is 9.13. The van der Waals surface area contributed by atoms with Crippen molar-refractivity contribution in [1.82, 2.24) is 0 Å². The van der Waals surface area contributed by atoms with Crippen molar-refractivity contribution in [3.05, 3.63) is 47.0 Å². The third kappa shape index (κ3) is 2.90. The molecule has 5 heteroatoms. The van der Waals surface area contributed by atoms with Crippen LogP contribution < -0.4 is 15.8 Å². The lowest BCUT2D eigenvalue weighted by atomic mass is 10.1. The van der Waals surface area contributed by atoms with E-state index in [9.17, 15) is 0 Å². The van der Waals surface area contributed by atoms with Crippen molar-refractivity contribution >= 4 is 28.7 Å². The number of ether oxygens (including phenoxy) is 1. The summed E-state index contributed by atoms with van der Waals surface area (Å²) in [4.78, 5) is 0. The number of methoxy groups -OCH3 is 1. The fraction of sp³-hybridized carbons (Fsp3) is 0.0714. The van der Waals surface area contributed by atoms with Crippen LogP contribution in [0.15, 0.2) is 36.4 Å². The first-order valence-electron chi connectivity index (χ1n) is 5.54. The van der Waals surface area contributed by atoms with Crippen LogP contribution in [0.25, 0.3) is 0 Å². The minimum Gasteiger partial charge on any atom is -0.495 e. The largest absolute Gasteiger partial charge is 0.495 e. The van der Waals surface area contributed by atoms with Gasteiger partial charge >= 0.3 is 0 Å². The molecule has 96 valence electrons. The van der Waals surface area contributed by atoms with Gasteiger partial charge in [-0.3, -0.25) is 0 Å². The second-order valence-corrected chi connectivity index (χ2v) is 4.32. The lowest BCUT2D eigenvalue weighted by Gasteiger charge is -2.12. The SMILES string of the molecule is COc1ccc(Cl)cc1Nc1ccc(N)c(C#N)c1. The smallest absolute Gasteiger partial charge is 0.142 e. The summed E-state index contributed by atoms with van der Waals surface area (Å²) < 4.78 is 5.24. The molecule has 0 bridgehead atoms. The van der Waals surface area contributed by atoms with Crippen LogP contribution in [-0.4, -0.2) is 7.11 Å². The highest BCUT2D eigenvalue weighted by molar-refractivity contribution is 6.31. The standard InChI is InChI=1S/C14H12ClN3O/c1-19-14-5-2-10(15)7-13(14)18-11-3-4-12(17)9(6-11)8-16/h2-7,18H,17H2,1H3. The van der Waals surface area contributed by atoms with Gasteiger partial charge in [0.1, 0.15) is 11.8 Å². The van der Waals surface area contributed by atoms with Crippen LogP contribution in [0.2, 0.25) is 5.02 Å². The predicted octanol–water partition coefficient (Wildman–Crippen LogP) is 3.55. The van der Waals surface area contributed by atoms with Gasteiger partial charge in [-0.1, -0.05) is 11.6 Å². The highest BCUT2D eigenvalue weighted by atomic mass is 35.5. The van der Waals surface area contributed by atoms with Crippen LogP contribution in [0.1, 0.15) is 5.56 Å². The molecule has 2 aromatic carbocycles. The molecule has 0 unspecified atom stereocenters. The summed E-state index contributed by atoms with van der Waals surface area (Å²) >= 11 is 5.96. The number of rotatable bonds is 3. The lowest BCUT2D eigenvalue weighted by Crippen LogP contribution is -1.97. The molecule has 0 aliphatic rings. The number of nitrogens with two attached hydrogens (primary N) is 1. The van der Waals surface area contributed by atoms with Crippen molar-refractivity contribution < 1.29 is 4.74 Å². The fourth-order valence-corrected chi connectivity index (χ4v) is 1.84. The van der Waals surface area contributed by atoms with Gasteiger partial charge in [0.25, 0.3) is 0 Å². The Morgan fingerprint density at radius 2 is 2.05 bits per heavy atom.